The Bertz CT molecular complexity index is 926. The highest BCUT2D eigenvalue weighted by molar-refractivity contribution is 7.98. The van der Waals surface area contributed by atoms with Gasteiger partial charge in [-0.05, 0) is 67.1 Å². The number of thiol groups is 1. The molecule has 3 N–H and O–H groups in total. The van der Waals surface area contributed by atoms with E-state index in [4.69, 9.17) is 4.74 Å². The Balaban J connectivity index is 1.80. The minimum atomic E-state index is -0.668. The molecular formula is C25H33N3O3S2. The summed E-state index contributed by atoms with van der Waals surface area (Å²) < 4.78 is 4.90. The molecule has 1 heterocycles. The second kappa shape index (κ2) is 12.9. The van der Waals surface area contributed by atoms with E-state index >= 15 is 0 Å². The van der Waals surface area contributed by atoms with Gasteiger partial charge in [-0.15, -0.1) is 0 Å². The monoisotopic (exact) mass is 487 g/mol. The van der Waals surface area contributed by atoms with Crippen molar-refractivity contribution >= 4 is 42.0 Å². The Morgan fingerprint density at radius 1 is 1.24 bits per heavy atom. The van der Waals surface area contributed by atoms with Crippen LogP contribution in [0.2, 0.25) is 0 Å². The van der Waals surface area contributed by atoms with Crippen LogP contribution in [0, 0.1) is 0 Å². The minimum Gasteiger partial charge on any atom is -0.467 e. The van der Waals surface area contributed by atoms with E-state index in [0.717, 1.165) is 42.1 Å². The molecule has 3 atom stereocenters. The molecule has 178 valence electrons. The van der Waals surface area contributed by atoms with Crippen molar-refractivity contribution in [3.05, 3.63) is 65.2 Å². The van der Waals surface area contributed by atoms with Crippen molar-refractivity contribution in [1.82, 2.24) is 10.6 Å². The van der Waals surface area contributed by atoms with E-state index in [9.17, 15) is 9.59 Å². The van der Waals surface area contributed by atoms with Crippen molar-refractivity contribution in [2.24, 2.45) is 0 Å². The number of benzene rings is 2. The van der Waals surface area contributed by atoms with Gasteiger partial charge >= 0.3 is 5.97 Å². The summed E-state index contributed by atoms with van der Waals surface area (Å²) in [6.07, 6.45) is 4.17. The van der Waals surface area contributed by atoms with Crippen molar-refractivity contribution in [2.75, 3.05) is 37.5 Å². The maximum Gasteiger partial charge on any atom is 0.328 e. The number of hydrogen-bond donors (Lipinski definition) is 4. The van der Waals surface area contributed by atoms with Gasteiger partial charge in [-0.3, -0.25) is 4.79 Å². The normalized spacial score (nSPS) is 18.5. The number of thioether (sulfide) groups is 1. The molecule has 0 aliphatic carbocycles. The zero-order chi connectivity index (χ0) is 23.6. The summed E-state index contributed by atoms with van der Waals surface area (Å²) in [4.78, 5) is 25.4. The summed E-state index contributed by atoms with van der Waals surface area (Å²) in [7, 11) is 1.34. The third-order valence-electron chi connectivity index (χ3n) is 5.83. The van der Waals surface area contributed by atoms with Crippen molar-refractivity contribution < 1.29 is 14.3 Å². The van der Waals surface area contributed by atoms with Crippen LogP contribution >= 0.6 is 24.4 Å². The molecule has 33 heavy (non-hydrogen) atoms. The lowest BCUT2D eigenvalue weighted by Gasteiger charge is -2.19. The number of ether oxygens (including phenoxy) is 1. The molecule has 1 fully saturated rings. The summed E-state index contributed by atoms with van der Waals surface area (Å²) in [5.41, 5.74) is 3.54. The number of hydrogen-bond acceptors (Lipinski definition) is 7. The van der Waals surface area contributed by atoms with E-state index < -0.39 is 12.0 Å². The highest BCUT2D eigenvalue weighted by Crippen LogP contribution is 2.21. The summed E-state index contributed by atoms with van der Waals surface area (Å²) >= 11 is 6.27. The number of rotatable bonds is 11. The molecule has 0 spiro atoms. The van der Waals surface area contributed by atoms with Gasteiger partial charge in [-0.2, -0.15) is 24.4 Å². The molecule has 1 saturated heterocycles. The standard InChI is InChI=1S/C25H33N3O3S2/c1-31-25(30)21(11-13-33-2)28-24(29)20-9-8-19(27-16-22-23(32)10-12-26-22)15-18(20)14-17-6-4-3-5-7-17/h3-9,15,21-23,26-27,32H,10-14,16H2,1-2H3,(H,28,29)/t21-,22?,23?/m0/s1. The number of amides is 1. The van der Waals surface area contributed by atoms with Crippen molar-refractivity contribution in [1.29, 1.82) is 0 Å². The molecule has 0 saturated carbocycles. The van der Waals surface area contributed by atoms with E-state index in [1.165, 1.54) is 7.11 Å². The Morgan fingerprint density at radius 3 is 2.70 bits per heavy atom. The fourth-order valence-electron chi connectivity index (χ4n) is 3.94. The number of methoxy groups -OCH3 is 1. The minimum absolute atomic E-state index is 0.267. The number of carbonyl (C=O) groups excluding carboxylic acids is 2. The van der Waals surface area contributed by atoms with E-state index in [0.29, 0.717) is 29.7 Å². The Kier molecular flexibility index (Phi) is 9.96. The number of anilines is 1. The quantitative estimate of drug-likeness (QED) is 0.288. The first-order valence-corrected chi connectivity index (χ1v) is 13.1. The van der Waals surface area contributed by atoms with Gasteiger partial charge in [-0.1, -0.05) is 30.3 Å². The van der Waals surface area contributed by atoms with E-state index in [1.807, 2.05) is 54.8 Å². The third kappa shape index (κ3) is 7.42. The van der Waals surface area contributed by atoms with Crippen LogP contribution in [0.1, 0.15) is 34.3 Å². The van der Waals surface area contributed by atoms with Gasteiger partial charge in [0.25, 0.3) is 5.91 Å². The lowest BCUT2D eigenvalue weighted by molar-refractivity contribution is -0.142. The van der Waals surface area contributed by atoms with Crippen molar-refractivity contribution in [3.63, 3.8) is 0 Å². The molecule has 2 aromatic carbocycles. The average molecular weight is 488 g/mol. The van der Waals surface area contributed by atoms with Crippen LogP contribution in [0.15, 0.2) is 48.5 Å². The molecular weight excluding hydrogens is 454 g/mol. The van der Waals surface area contributed by atoms with Crippen molar-refractivity contribution in [2.45, 2.75) is 36.6 Å². The number of esters is 1. The molecule has 1 aliphatic rings. The van der Waals surface area contributed by atoms with Crippen LogP contribution in [-0.2, 0) is 16.0 Å². The van der Waals surface area contributed by atoms with Gasteiger partial charge in [0.15, 0.2) is 0 Å². The van der Waals surface area contributed by atoms with Crippen LogP contribution in [-0.4, -0.2) is 61.4 Å². The zero-order valence-corrected chi connectivity index (χ0v) is 20.9. The predicted molar refractivity (Wildman–Crippen MR) is 140 cm³/mol. The Labute approximate surface area is 206 Å². The highest BCUT2D eigenvalue weighted by Gasteiger charge is 2.24. The first-order chi connectivity index (χ1) is 16.0. The molecule has 8 heteroatoms. The molecule has 0 bridgehead atoms. The highest BCUT2D eigenvalue weighted by atomic mass is 32.2. The molecule has 3 rings (SSSR count). The second-order valence-electron chi connectivity index (χ2n) is 8.16. The topological polar surface area (TPSA) is 79.5 Å². The first-order valence-electron chi connectivity index (χ1n) is 11.2. The molecule has 6 nitrogen and oxygen atoms in total. The van der Waals surface area contributed by atoms with Crippen LogP contribution < -0.4 is 16.0 Å². The third-order valence-corrected chi connectivity index (χ3v) is 7.09. The smallest absolute Gasteiger partial charge is 0.328 e. The SMILES string of the molecule is COC(=O)[C@H](CCSC)NC(=O)c1ccc(NCC2NCCC2S)cc1Cc1ccccc1. The zero-order valence-electron chi connectivity index (χ0n) is 19.2. The lowest BCUT2D eigenvalue weighted by Crippen LogP contribution is -2.42. The maximum atomic E-state index is 13.2. The Hall–Kier alpha value is -2.16. The van der Waals surface area contributed by atoms with Gasteiger partial charge in [0.2, 0.25) is 0 Å². The largest absolute Gasteiger partial charge is 0.467 e. The fraction of sp³-hybridized carbons (Fsp3) is 0.440. The number of carbonyl (C=O) groups is 2. The molecule has 0 aromatic heterocycles. The van der Waals surface area contributed by atoms with E-state index in [-0.39, 0.29) is 5.91 Å². The average Bonchev–Trinajstić information content (AvgIpc) is 3.25. The summed E-state index contributed by atoms with van der Waals surface area (Å²) in [6, 6.07) is 15.5. The van der Waals surface area contributed by atoms with Crippen LogP contribution in [0.4, 0.5) is 5.69 Å². The van der Waals surface area contributed by atoms with Gasteiger partial charge in [0.1, 0.15) is 6.04 Å². The molecule has 1 aliphatic heterocycles. The molecule has 2 unspecified atom stereocenters. The first kappa shape index (κ1) is 25.5. The van der Waals surface area contributed by atoms with Gasteiger partial charge in [-0.25, -0.2) is 4.79 Å². The molecule has 1 amide bonds. The van der Waals surface area contributed by atoms with Crippen molar-refractivity contribution in [3.8, 4) is 0 Å². The van der Waals surface area contributed by atoms with Gasteiger partial charge in [0, 0.05) is 29.1 Å². The van der Waals surface area contributed by atoms with Crippen LogP contribution in [0.5, 0.6) is 0 Å². The second-order valence-corrected chi connectivity index (χ2v) is 9.81. The summed E-state index contributed by atoms with van der Waals surface area (Å²) in [5, 5.41) is 10.2. The lowest BCUT2D eigenvalue weighted by atomic mass is 9.98. The predicted octanol–water partition coefficient (Wildman–Crippen LogP) is 3.37. The van der Waals surface area contributed by atoms with E-state index in [2.05, 4.69) is 28.6 Å². The van der Waals surface area contributed by atoms with E-state index in [1.54, 1.807) is 11.8 Å². The Morgan fingerprint density at radius 2 is 2.03 bits per heavy atom. The van der Waals surface area contributed by atoms with Gasteiger partial charge in [0.05, 0.1) is 7.11 Å². The van der Waals surface area contributed by atoms with Gasteiger partial charge < -0.3 is 20.7 Å². The fourth-order valence-corrected chi connectivity index (χ4v) is 4.75. The maximum absolute atomic E-state index is 13.2. The molecule has 0 radical (unpaired) electrons. The summed E-state index contributed by atoms with van der Waals surface area (Å²) in [5.74, 6) is 0.0590. The molecule has 2 aromatic rings. The van der Waals surface area contributed by atoms with Crippen LogP contribution in [0.25, 0.3) is 0 Å². The van der Waals surface area contributed by atoms with Crippen LogP contribution in [0.3, 0.4) is 0 Å². The summed E-state index contributed by atoms with van der Waals surface area (Å²) in [6.45, 7) is 1.75. The number of nitrogens with one attached hydrogen (secondary N) is 3.